The fourth-order valence-corrected chi connectivity index (χ4v) is 2.26. The molecule has 2 N–H and O–H groups in total. The molecule has 1 aromatic heterocycles. The Morgan fingerprint density at radius 1 is 1.28 bits per heavy atom. The Labute approximate surface area is 106 Å². The molecule has 0 aliphatic heterocycles. The molecule has 1 unspecified atom stereocenters. The summed E-state index contributed by atoms with van der Waals surface area (Å²) in [7, 11) is -3.25. The van der Waals surface area contributed by atoms with Crippen LogP contribution in [0.2, 0.25) is 0 Å². The smallest absolute Gasteiger partial charge is 0.230 e. The van der Waals surface area contributed by atoms with Crippen molar-refractivity contribution >= 4 is 15.7 Å². The van der Waals surface area contributed by atoms with E-state index in [2.05, 4.69) is 5.16 Å². The molecule has 0 spiro atoms. The van der Waals surface area contributed by atoms with Gasteiger partial charge >= 0.3 is 0 Å². The number of nitrogen functional groups attached to an aromatic ring is 1. The number of hydrogen-bond donors (Lipinski definition) is 1. The van der Waals surface area contributed by atoms with Crippen LogP contribution in [0, 0.1) is 0 Å². The first kappa shape index (κ1) is 12.6. The van der Waals surface area contributed by atoms with Crippen LogP contribution in [-0.4, -0.2) is 19.8 Å². The van der Waals surface area contributed by atoms with Gasteiger partial charge in [-0.2, -0.15) is 0 Å². The van der Waals surface area contributed by atoms with E-state index >= 15 is 0 Å². The first-order valence-corrected chi connectivity index (χ1v) is 7.36. The monoisotopic (exact) mass is 266 g/mol. The Hall–Kier alpha value is -1.82. The van der Waals surface area contributed by atoms with E-state index in [1.807, 2.05) is 30.3 Å². The van der Waals surface area contributed by atoms with Crippen LogP contribution < -0.4 is 5.73 Å². The van der Waals surface area contributed by atoms with Crippen LogP contribution >= 0.6 is 0 Å². The maximum Gasteiger partial charge on any atom is 0.230 e. The molecule has 0 bridgehead atoms. The van der Waals surface area contributed by atoms with E-state index in [9.17, 15) is 8.42 Å². The minimum atomic E-state index is -3.25. The van der Waals surface area contributed by atoms with E-state index in [0.717, 1.165) is 11.8 Å². The SMILES string of the molecule is CC(c1noc(N)c1-c1ccccc1)S(C)(=O)=O. The zero-order valence-corrected chi connectivity index (χ0v) is 10.9. The third-order valence-corrected chi connectivity index (χ3v) is 4.34. The van der Waals surface area contributed by atoms with Gasteiger partial charge in [0.25, 0.3) is 0 Å². The van der Waals surface area contributed by atoms with Gasteiger partial charge in [0, 0.05) is 6.26 Å². The van der Waals surface area contributed by atoms with Gasteiger partial charge in [0.05, 0.1) is 5.56 Å². The third kappa shape index (κ3) is 2.24. The van der Waals surface area contributed by atoms with E-state index < -0.39 is 15.1 Å². The highest BCUT2D eigenvalue weighted by Crippen LogP contribution is 2.35. The maximum absolute atomic E-state index is 11.6. The Bertz CT molecular complexity index is 647. The molecule has 0 saturated carbocycles. The summed E-state index contributed by atoms with van der Waals surface area (Å²) in [6.45, 7) is 1.57. The van der Waals surface area contributed by atoms with Crippen molar-refractivity contribution in [3.63, 3.8) is 0 Å². The number of sulfone groups is 1. The van der Waals surface area contributed by atoms with Gasteiger partial charge in [-0.15, -0.1) is 0 Å². The van der Waals surface area contributed by atoms with Gasteiger partial charge in [-0.25, -0.2) is 8.42 Å². The molecule has 2 rings (SSSR count). The van der Waals surface area contributed by atoms with Crippen LogP contribution in [0.3, 0.4) is 0 Å². The molecule has 0 saturated heterocycles. The summed E-state index contributed by atoms with van der Waals surface area (Å²) in [5.74, 6) is 0.131. The molecule has 6 heteroatoms. The summed E-state index contributed by atoms with van der Waals surface area (Å²) in [4.78, 5) is 0. The van der Waals surface area contributed by atoms with E-state index in [1.54, 1.807) is 6.92 Å². The van der Waals surface area contributed by atoms with Gasteiger partial charge in [-0.3, -0.25) is 0 Å². The van der Waals surface area contributed by atoms with Crippen LogP contribution in [0.15, 0.2) is 34.9 Å². The largest absolute Gasteiger partial charge is 0.367 e. The van der Waals surface area contributed by atoms with Crippen molar-refractivity contribution in [1.82, 2.24) is 5.16 Å². The van der Waals surface area contributed by atoms with Gasteiger partial charge < -0.3 is 10.3 Å². The lowest BCUT2D eigenvalue weighted by atomic mass is 10.0. The Balaban J connectivity index is 2.60. The number of benzene rings is 1. The molecule has 0 radical (unpaired) electrons. The van der Waals surface area contributed by atoms with Crippen molar-refractivity contribution in [2.45, 2.75) is 12.2 Å². The molecule has 1 atom stereocenters. The number of nitrogens with two attached hydrogens (primary N) is 1. The van der Waals surface area contributed by atoms with Crippen molar-refractivity contribution in [3.8, 4) is 11.1 Å². The second-order valence-corrected chi connectivity index (χ2v) is 6.51. The molecule has 5 nitrogen and oxygen atoms in total. The van der Waals surface area contributed by atoms with Crippen molar-refractivity contribution in [2.24, 2.45) is 0 Å². The van der Waals surface area contributed by atoms with Crippen LogP contribution in [0.4, 0.5) is 5.88 Å². The lowest BCUT2D eigenvalue weighted by Gasteiger charge is -2.08. The van der Waals surface area contributed by atoms with Crippen LogP contribution in [0.1, 0.15) is 17.9 Å². The van der Waals surface area contributed by atoms with Gasteiger partial charge in [0.15, 0.2) is 9.84 Å². The molecule has 0 fully saturated rings. The first-order valence-electron chi connectivity index (χ1n) is 5.40. The second kappa shape index (κ2) is 4.45. The Morgan fingerprint density at radius 3 is 2.44 bits per heavy atom. The fourth-order valence-electron chi connectivity index (χ4n) is 1.69. The lowest BCUT2D eigenvalue weighted by Crippen LogP contribution is -2.09. The van der Waals surface area contributed by atoms with Crippen molar-refractivity contribution in [2.75, 3.05) is 12.0 Å². The number of rotatable bonds is 3. The Kier molecular flexibility index (Phi) is 3.13. The molecular formula is C12H14N2O3S. The molecular weight excluding hydrogens is 252 g/mol. The van der Waals surface area contributed by atoms with Crippen LogP contribution in [0.5, 0.6) is 0 Å². The molecule has 18 heavy (non-hydrogen) atoms. The summed E-state index contributed by atoms with van der Waals surface area (Å²) in [6, 6.07) is 9.23. The number of nitrogens with zero attached hydrogens (tertiary/aromatic N) is 1. The first-order chi connectivity index (χ1) is 8.41. The minimum absolute atomic E-state index is 0.131. The minimum Gasteiger partial charge on any atom is -0.367 e. The molecule has 1 heterocycles. The number of aromatic nitrogens is 1. The topological polar surface area (TPSA) is 86.2 Å². The van der Waals surface area contributed by atoms with Gasteiger partial charge in [-0.05, 0) is 12.5 Å². The van der Waals surface area contributed by atoms with Crippen molar-refractivity contribution < 1.29 is 12.9 Å². The van der Waals surface area contributed by atoms with E-state index in [1.165, 1.54) is 0 Å². The van der Waals surface area contributed by atoms with Crippen LogP contribution in [0.25, 0.3) is 11.1 Å². The lowest BCUT2D eigenvalue weighted by molar-refractivity contribution is 0.427. The summed E-state index contributed by atoms with van der Waals surface area (Å²) in [5.41, 5.74) is 7.42. The molecule has 0 aliphatic carbocycles. The standard InChI is InChI=1S/C12H14N2O3S/c1-8(18(2,15)16)11-10(12(13)17-14-11)9-6-4-3-5-7-9/h3-8H,13H2,1-2H3. The highest BCUT2D eigenvalue weighted by molar-refractivity contribution is 7.90. The van der Waals surface area contributed by atoms with Crippen molar-refractivity contribution in [1.29, 1.82) is 0 Å². The van der Waals surface area contributed by atoms with E-state index in [4.69, 9.17) is 10.3 Å². The highest BCUT2D eigenvalue weighted by atomic mass is 32.2. The van der Waals surface area contributed by atoms with Gasteiger partial charge in [0.2, 0.25) is 5.88 Å². The Morgan fingerprint density at radius 2 is 1.89 bits per heavy atom. The average Bonchev–Trinajstić information content (AvgIpc) is 2.70. The third-order valence-electron chi connectivity index (χ3n) is 2.83. The zero-order valence-electron chi connectivity index (χ0n) is 10.1. The van der Waals surface area contributed by atoms with Gasteiger partial charge in [-0.1, -0.05) is 35.5 Å². The molecule has 96 valence electrons. The quantitative estimate of drug-likeness (QED) is 0.918. The maximum atomic E-state index is 11.6. The number of hydrogen-bond acceptors (Lipinski definition) is 5. The molecule has 1 aromatic carbocycles. The summed E-state index contributed by atoms with van der Waals surface area (Å²) < 4.78 is 28.1. The second-order valence-electron chi connectivity index (χ2n) is 4.14. The molecule has 2 aromatic rings. The molecule has 0 aliphatic rings. The normalized spacial score (nSPS) is 13.4. The van der Waals surface area contributed by atoms with E-state index in [0.29, 0.717) is 11.3 Å². The predicted molar refractivity (Wildman–Crippen MR) is 69.6 cm³/mol. The molecule has 0 amide bonds. The number of anilines is 1. The van der Waals surface area contributed by atoms with E-state index in [-0.39, 0.29) is 5.88 Å². The zero-order chi connectivity index (χ0) is 13.3. The van der Waals surface area contributed by atoms with Crippen molar-refractivity contribution in [3.05, 3.63) is 36.0 Å². The predicted octanol–water partition coefficient (Wildman–Crippen LogP) is 2.03. The average molecular weight is 266 g/mol. The fraction of sp³-hybridized carbons (Fsp3) is 0.250. The summed E-state index contributed by atoms with van der Waals surface area (Å²) in [5, 5.41) is 3.02. The van der Waals surface area contributed by atoms with Crippen LogP contribution in [-0.2, 0) is 9.84 Å². The highest BCUT2D eigenvalue weighted by Gasteiger charge is 2.27. The van der Waals surface area contributed by atoms with Gasteiger partial charge in [0.1, 0.15) is 10.9 Å². The summed E-state index contributed by atoms with van der Waals surface area (Å²) in [6.07, 6.45) is 1.16. The summed E-state index contributed by atoms with van der Waals surface area (Å²) >= 11 is 0.